The lowest BCUT2D eigenvalue weighted by Crippen LogP contribution is -1.94. The molecule has 0 fully saturated rings. The Bertz CT molecular complexity index is 749. The second-order valence-corrected chi connectivity index (χ2v) is 4.70. The fourth-order valence-electron chi connectivity index (χ4n) is 2.15. The molecule has 22 heavy (non-hydrogen) atoms. The molecule has 0 aromatic heterocycles. The van der Waals surface area contributed by atoms with Crippen LogP contribution in [0.4, 0.5) is 0 Å². The molecule has 0 unspecified atom stereocenters. The molecule has 5 heteroatoms. The summed E-state index contributed by atoms with van der Waals surface area (Å²) in [7, 11) is 1.55. The summed E-state index contributed by atoms with van der Waals surface area (Å²) in [6, 6.07) is 10.1. The van der Waals surface area contributed by atoms with Crippen molar-refractivity contribution in [2.45, 2.75) is 0 Å². The Morgan fingerprint density at radius 1 is 1.27 bits per heavy atom. The fraction of sp³-hybridized carbons (Fsp3) is 0.118. The molecule has 1 aliphatic heterocycles. The number of hydrogen-bond acceptors (Lipinski definition) is 5. The van der Waals surface area contributed by atoms with Gasteiger partial charge in [-0.15, -0.1) is 0 Å². The molecule has 0 aliphatic carbocycles. The van der Waals surface area contributed by atoms with Crippen LogP contribution in [0.5, 0.6) is 23.0 Å². The van der Waals surface area contributed by atoms with Crippen LogP contribution in [0.2, 0.25) is 0 Å². The van der Waals surface area contributed by atoms with E-state index in [4.69, 9.17) is 14.2 Å². The number of hydrogen-bond donors (Lipinski definition) is 1. The van der Waals surface area contributed by atoms with Crippen LogP contribution in [0, 0.1) is 0 Å². The topological polar surface area (TPSA) is 65.0 Å². The minimum atomic E-state index is -0.156. The van der Waals surface area contributed by atoms with Gasteiger partial charge in [-0.3, -0.25) is 4.79 Å². The Morgan fingerprint density at radius 2 is 2.14 bits per heavy atom. The van der Waals surface area contributed by atoms with Crippen molar-refractivity contribution in [3.05, 3.63) is 53.6 Å². The number of aromatic hydroxyl groups is 1. The maximum atomic E-state index is 12.1. The summed E-state index contributed by atoms with van der Waals surface area (Å²) in [4.78, 5) is 12.1. The highest BCUT2D eigenvalue weighted by Gasteiger charge is 2.18. The normalized spacial score (nSPS) is 12.6. The number of carbonyl (C=O) groups is 1. The molecule has 0 radical (unpaired) electrons. The first kappa shape index (κ1) is 14.0. The van der Waals surface area contributed by atoms with Crippen molar-refractivity contribution in [1.29, 1.82) is 0 Å². The zero-order valence-electron chi connectivity index (χ0n) is 11.9. The van der Waals surface area contributed by atoms with Crippen LogP contribution < -0.4 is 14.2 Å². The maximum absolute atomic E-state index is 12.1. The van der Waals surface area contributed by atoms with Gasteiger partial charge in [-0.25, -0.2) is 0 Å². The van der Waals surface area contributed by atoms with Crippen LogP contribution >= 0.6 is 0 Å². The standard InChI is InChI=1S/C17H14O5/c1-20-13-4-2-3-12(9-13)14(18)6-5-11-7-15(19)17-16(8-11)21-10-22-17/h2-9,19H,10H2,1H3. The zero-order chi connectivity index (χ0) is 15.5. The third-order valence-corrected chi connectivity index (χ3v) is 3.26. The second-order valence-electron chi connectivity index (χ2n) is 4.70. The van der Waals surface area contributed by atoms with Crippen LogP contribution in [-0.4, -0.2) is 24.8 Å². The highest BCUT2D eigenvalue weighted by molar-refractivity contribution is 6.07. The predicted molar refractivity (Wildman–Crippen MR) is 80.6 cm³/mol. The molecule has 0 spiro atoms. The molecule has 0 bridgehead atoms. The number of phenols is 1. The van der Waals surface area contributed by atoms with E-state index in [2.05, 4.69) is 0 Å². The Labute approximate surface area is 127 Å². The van der Waals surface area contributed by atoms with E-state index in [-0.39, 0.29) is 18.3 Å². The lowest BCUT2D eigenvalue weighted by atomic mass is 10.1. The van der Waals surface area contributed by atoms with Gasteiger partial charge in [-0.05, 0) is 35.9 Å². The summed E-state index contributed by atoms with van der Waals surface area (Å²) in [6.45, 7) is 0.0821. The Balaban J connectivity index is 1.82. The van der Waals surface area contributed by atoms with Gasteiger partial charge >= 0.3 is 0 Å². The predicted octanol–water partition coefficient (Wildman–Crippen LogP) is 3.03. The number of fused-ring (bicyclic) bond motifs is 1. The number of allylic oxidation sites excluding steroid dienone is 1. The van der Waals surface area contributed by atoms with Crippen molar-refractivity contribution < 1.29 is 24.1 Å². The number of rotatable bonds is 4. The molecule has 3 rings (SSSR count). The monoisotopic (exact) mass is 298 g/mol. The van der Waals surface area contributed by atoms with Gasteiger partial charge < -0.3 is 19.3 Å². The highest BCUT2D eigenvalue weighted by atomic mass is 16.7. The van der Waals surface area contributed by atoms with Gasteiger partial charge in [0.1, 0.15) is 5.75 Å². The number of ketones is 1. The van der Waals surface area contributed by atoms with Crippen molar-refractivity contribution in [2.24, 2.45) is 0 Å². The van der Waals surface area contributed by atoms with Crippen molar-refractivity contribution in [2.75, 3.05) is 13.9 Å². The van der Waals surface area contributed by atoms with Gasteiger partial charge in [-0.1, -0.05) is 18.2 Å². The third-order valence-electron chi connectivity index (χ3n) is 3.26. The minimum Gasteiger partial charge on any atom is -0.504 e. The van der Waals surface area contributed by atoms with Crippen LogP contribution in [0.1, 0.15) is 15.9 Å². The number of ether oxygens (including phenoxy) is 3. The fourth-order valence-corrected chi connectivity index (χ4v) is 2.15. The van der Waals surface area contributed by atoms with E-state index >= 15 is 0 Å². The van der Waals surface area contributed by atoms with E-state index in [9.17, 15) is 9.90 Å². The molecular weight excluding hydrogens is 284 g/mol. The molecule has 0 amide bonds. The molecule has 112 valence electrons. The molecule has 0 saturated carbocycles. The van der Waals surface area contributed by atoms with E-state index < -0.39 is 0 Å². The van der Waals surface area contributed by atoms with E-state index in [1.165, 1.54) is 12.1 Å². The molecule has 1 heterocycles. The van der Waals surface area contributed by atoms with Crippen molar-refractivity contribution in [3.8, 4) is 23.0 Å². The zero-order valence-corrected chi connectivity index (χ0v) is 11.9. The molecule has 0 saturated heterocycles. The SMILES string of the molecule is COc1cccc(C(=O)C=Cc2cc(O)c3c(c2)OCO3)c1. The molecule has 2 aromatic carbocycles. The molecule has 1 aliphatic rings. The summed E-state index contributed by atoms with van der Waals surface area (Å²) < 4.78 is 15.4. The van der Waals surface area contributed by atoms with Gasteiger partial charge in [0.25, 0.3) is 0 Å². The van der Waals surface area contributed by atoms with Crippen LogP contribution in [0.15, 0.2) is 42.5 Å². The van der Waals surface area contributed by atoms with E-state index in [1.54, 1.807) is 43.5 Å². The van der Waals surface area contributed by atoms with E-state index in [0.29, 0.717) is 28.4 Å². The second kappa shape index (κ2) is 5.81. The van der Waals surface area contributed by atoms with Crippen LogP contribution in [-0.2, 0) is 0 Å². The third kappa shape index (κ3) is 2.74. The molecular formula is C17H14O5. The first-order valence-corrected chi connectivity index (χ1v) is 6.66. The number of carbonyl (C=O) groups excluding carboxylic acids is 1. The average molecular weight is 298 g/mol. The van der Waals surface area contributed by atoms with Crippen LogP contribution in [0.3, 0.4) is 0 Å². The van der Waals surface area contributed by atoms with Gasteiger partial charge in [0.2, 0.25) is 12.5 Å². The van der Waals surface area contributed by atoms with E-state index in [0.717, 1.165) is 0 Å². The molecule has 5 nitrogen and oxygen atoms in total. The van der Waals surface area contributed by atoms with Crippen molar-refractivity contribution in [1.82, 2.24) is 0 Å². The summed E-state index contributed by atoms with van der Waals surface area (Å²) in [5, 5.41) is 9.82. The molecule has 0 atom stereocenters. The Hall–Kier alpha value is -2.95. The first-order chi connectivity index (χ1) is 10.7. The lowest BCUT2D eigenvalue weighted by Gasteiger charge is -2.02. The van der Waals surface area contributed by atoms with Gasteiger partial charge in [0.15, 0.2) is 17.3 Å². The van der Waals surface area contributed by atoms with Gasteiger partial charge in [0, 0.05) is 5.56 Å². The van der Waals surface area contributed by atoms with Crippen LogP contribution in [0.25, 0.3) is 6.08 Å². The lowest BCUT2D eigenvalue weighted by molar-refractivity contribution is 0.104. The Morgan fingerprint density at radius 3 is 2.95 bits per heavy atom. The van der Waals surface area contributed by atoms with Gasteiger partial charge in [-0.2, -0.15) is 0 Å². The van der Waals surface area contributed by atoms with Crippen molar-refractivity contribution in [3.63, 3.8) is 0 Å². The summed E-state index contributed by atoms with van der Waals surface area (Å²) >= 11 is 0. The first-order valence-electron chi connectivity index (χ1n) is 6.66. The Kier molecular flexibility index (Phi) is 3.70. The smallest absolute Gasteiger partial charge is 0.231 e. The summed E-state index contributed by atoms with van der Waals surface area (Å²) in [5.41, 5.74) is 1.18. The summed E-state index contributed by atoms with van der Waals surface area (Å²) in [6.07, 6.45) is 3.05. The van der Waals surface area contributed by atoms with E-state index in [1.807, 2.05) is 0 Å². The summed E-state index contributed by atoms with van der Waals surface area (Å²) in [5.74, 6) is 1.25. The van der Waals surface area contributed by atoms with Gasteiger partial charge in [0.05, 0.1) is 7.11 Å². The molecule has 1 N–H and O–H groups in total. The number of benzene rings is 2. The maximum Gasteiger partial charge on any atom is 0.231 e. The quantitative estimate of drug-likeness (QED) is 0.694. The number of phenolic OH excluding ortho intramolecular Hbond substituents is 1. The van der Waals surface area contributed by atoms with Crippen molar-refractivity contribution >= 4 is 11.9 Å². The average Bonchev–Trinajstić information content (AvgIpc) is 3.01. The largest absolute Gasteiger partial charge is 0.504 e. The minimum absolute atomic E-state index is 0.0107. The highest BCUT2D eigenvalue weighted by Crippen LogP contribution is 2.41. The molecule has 2 aromatic rings. The number of methoxy groups -OCH3 is 1.